The number of rotatable bonds is 7. The van der Waals surface area contributed by atoms with E-state index in [9.17, 15) is 35.8 Å². The third-order valence-electron chi connectivity index (χ3n) is 7.48. The number of cyclic esters (lactones) is 1. The van der Waals surface area contributed by atoms with Gasteiger partial charge in [-0.25, -0.2) is 21.6 Å². The fraction of sp³-hybridized carbons (Fsp3) is 0.750. The topological polar surface area (TPSA) is 179 Å². The molecule has 0 aromatic heterocycles. The number of hydrogen-bond acceptors (Lipinski definition) is 11. The maximum Gasteiger partial charge on any atom is 1.00 e. The van der Waals surface area contributed by atoms with Crippen molar-refractivity contribution in [2.45, 2.75) is 65.1 Å². The van der Waals surface area contributed by atoms with Crippen LogP contribution < -0.4 is 80.9 Å². The monoisotopic (exact) mass is 570 g/mol. The number of esters is 1. The summed E-state index contributed by atoms with van der Waals surface area (Å²) in [6.45, 7) is 4.70. The van der Waals surface area contributed by atoms with E-state index in [1.807, 2.05) is 13.8 Å². The molecular weight excluding hydrogens is 542 g/mol. The Bertz CT molecular complexity index is 1090. The van der Waals surface area contributed by atoms with E-state index in [1.54, 1.807) is 13.0 Å². The molecule has 1 N–H and O–H groups in total. The van der Waals surface area contributed by atoms with E-state index in [-0.39, 0.29) is 99.5 Å². The smallest absolute Gasteiger partial charge is 0.726 e. The van der Waals surface area contributed by atoms with Gasteiger partial charge in [0.25, 0.3) is 0 Å². The summed E-state index contributed by atoms with van der Waals surface area (Å²) in [5.41, 5.74) is 0.301. The minimum atomic E-state index is -5.10. The molecule has 0 unspecified atom stereocenters. The first-order valence-electron chi connectivity index (χ1n) is 10.6. The van der Waals surface area contributed by atoms with Crippen molar-refractivity contribution < 1.29 is 130 Å². The molecule has 188 valence electrons. The zero-order chi connectivity index (χ0) is 24.8. The molecular formula is C20H28KNaO11S2. The molecule has 15 heteroatoms. The van der Waals surface area contributed by atoms with Crippen LogP contribution in [0.5, 0.6) is 0 Å². The Labute approximate surface area is 271 Å². The standard InChI is InChI=1S/C20H30O11S2.K.Na/c1-12-4-7-16-19(2,14(12)6-5-13-15(21)10-29-18(13)22)9-8-17(31-33(26,27)28)20(16,3)11-30-32(23,24)25;;/h5,15-17,21H,4,6-11H2,1-3H3,(H,23,24,25)(H,26,27,28);;/q;2*+1/p-2/b13-5+;;/t15-,16+,17-,19+,20+;;/m1../s1. The summed E-state index contributed by atoms with van der Waals surface area (Å²) in [7, 11) is -10.2. The molecule has 0 amide bonds. The Hall–Kier alpha value is 1.29. The molecule has 0 aromatic carbocycles. The fourth-order valence-electron chi connectivity index (χ4n) is 5.89. The Morgan fingerprint density at radius 2 is 1.80 bits per heavy atom. The second kappa shape index (κ2) is 12.6. The molecule has 1 saturated heterocycles. The molecule has 2 aliphatic carbocycles. The first-order chi connectivity index (χ1) is 15.1. The van der Waals surface area contributed by atoms with Crippen molar-refractivity contribution in [3.8, 4) is 0 Å². The average molecular weight is 571 g/mol. The summed E-state index contributed by atoms with van der Waals surface area (Å²) in [5, 5.41) is 9.99. The maximum absolute atomic E-state index is 11.9. The van der Waals surface area contributed by atoms with Crippen molar-refractivity contribution in [2.75, 3.05) is 13.2 Å². The second-order valence-electron chi connectivity index (χ2n) is 9.45. The Kier molecular flexibility index (Phi) is 12.4. The normalized spacial score (nSPS) is 34.6. The van der Waals surface area contributed by atoms with Gasteiger partial charge in [0.15, 0.2) is 0 Å². The van der Waals surface area contributed by atoms with Gasteiger partial charge in [-0.3, -0.25) is 8.37 Å². The third-order valence-corrected chi connectivity index (χ3v) is 8.36. The molecule has 0 spiro atoms. The van der Waals surface area contributed by atoms with Gasteiger partial charge in [-0.15, -0.1) is 0 Å². The van der Waals surface area contributed by atoms with E-state index >= 15 is 0 Å². The van der Waals surface area contributed by atoms with Gasteiger partial charge >= 0.3 is 86.9 Å². The number of fused-ring (bicyclic) bond motifs is 1. The van der Waals surface area contributed by atoms with Crippen LogP contribution in [0.4, 0.5) is 0 Å². The van der Waals surface area contributed by atoms with Gasteiger partial charge in [0.05, 0.1) is 18.3 Å². The number of aliphatic hydroxyl groups is 1. The van der Waals surface area contributed by atoms with Crippen LogP contribution in [0, 0.1) is 16.7 Å². The summed E-state index contributed by atoms with van der Waals surface area (Å²) in [6, 6.07) is 0. The average Bonchev–Trinajstić information content (AvgIpc) is 2.99. The van der Waals surface area contributed by atoms with Crippen molar-refractivity contribution in [2.24, 2.45) is 16.7 Å². The molecule has 3 rings (SSSR count). The fourth-order valence-corrected chi connectivity index (χ4v) is 6.89. The minimum absolute atomic E-state index is 0. The van der Waals surface area contributed by atoms with E-state index < -0.39 is 62.3 Å². The first kappa shape index (κ1) is 34.3. The maximum atomic E-state index is 11.9. The molecule has 1 saturated carbocycles. The van der Waals surface area contributed by atoms with Gasteiger partial charge in [0, 0.05) is 5.41 Å². The molecule has 0 radical (unpaired) electrons. The largest absolute Gasteiger partial charge is 1.00 e. The SMILES string of the molecule is CC1=C(C/C=C2/C(=O)OC[C@H]2O)[C@]2(C)CC[C@@H](OS(=O)(=O)[O-])[C@@](C)(COS(=O)(=O)[O-])[C@H]2CC1.[K+].[Na+]. The molecule has 11 nitrogen and oxygen atoms in total. The summed E-state index contributed by atoms with van der Waals surface area (Å²) in [4.78, 5) is 11.9. The van der Waals surface area contributed by atoms with Crippen molar-refractivity contribution in [3.05, 3.63) is 22.8 Å². The third kappa shape index (κ3) is 7.91. The number of allylic oxidation sites excluding steroid dienone is 3. The summed E-state index contributed by atoms with van der Waals surface area (Å²) in [6.07, 6.45) is 1.37. The molecule has 0 bridgehead atoms. The van der Waals surface area contributed by atoms with E-state index in [4.69, 9.17) is 8.92 Å². The number of carbonyl (C=O) groups excluding carboxylic acids is 1. The number of hydrogen-bond donors (Lipinski definition) is 1. The Balaban J connectivity index is 0.00000306. The first-order valence-corrected chi connectivity index (χ1v) is 13.2. The summed E-state index contributed by atoms with van der Waals surface area (Å²) in [5.74, 6) is -0.986. The molecule has 5 atom stereocenters. The Morgan fingerprint density at radius 3 is 2.31 bits per heavy atom. The van der Waals surface area contributed by atoms with Crippen molar-refractivity contribution >= 4 is 26.8 Å². The molecule has 35 heavy (non-hydrogen) atoms. The molecule has 1 heterocycles. The number of aliphatic hydroxyl groups excluding tert-OH is 1. The van der Waals surface area contributed by atoms with E-state index in [0.717, 1.165) is 11.1 Å². The molecule has 3 aliphatic rings. The predicted octanol–water partition coefficient (Wildman–Crippen LogP) is -4.92. The van der Waals surface area contributed by atoms with Crippen LogP contribution >= 0.6 is 0 Å². The van der Waals surface area contributed by atoms with Crippen LogP contribution in [0.25, 0.3) is 0 Å². The zero-order valence-electron chi connectivity index (χ0n) is 20.6. The number of ether oxygens (including phenoxy) is 1. The second-order valence-corrected chi connectivity index (χ2v) is 11.5. The molecule has 1 aliphatic heterocycles. The quantitative estimate of drug-likeness (QED) is 0.0774. The Morgan fingerprint density at radius 1 is 1.17 bits per heavy atom. The minimum Gasteiger partial charge on any atom is -0.726 e. The van der Waals surface area contributed by atoms with Crippen LogP contribution in [0.15, 0.2) is 22.8 Å². The van der Waals surface area contributed by atoms with Gasteiger partial charge in [-0.2, -0.15) is 0 Å². The van der Waals surface area contributed by atoms with E-state index in [1.165, 1.54) is 0 Å². The van der Waals surface area contributed by atoms with Gasteiger partial charge in [-0.05, 0) is 50.4 Å². The van der Waals surface area contributed by atoms with Gasteiger partial charge in [-0.1, -0.05) is 31.1 Å². The van der Waals surface area contributed by atoms with Crippen molar-refractivity contribution in [1.29, 1.82) is 0 Å². The van der Waals surface area contributed by atoms with Crippen LogP contribution in [-0.2, 0) is 38.7 Å². The van der Waals surface area contributed by atoms with Crippen LogP contribution in [0.1, 0.15) is 52.9 Å². The van der Waals surface area contributed by atoms with Crippen LogP contribution in [0.2, 0.25) is 0 Å². The zero-order valence-corrected chi connectivity index (χ0v) is 27.4. The van der Waals surface area contributed by atoms with Crippen LogP contribution in [-0.4, -0.2) is 62.4 Å². The van der Waals surface area contributed by atoms with Crippen molar-refractivity contribution in [1.82, 2.24) is 0 Å². The summed E-state index contributed by atoms with van der Waals surface area (Å²) < 4.78 is 81.9. The van der Waals surface area contributed by atoms with E-state index in [0.29, 0.717) is 25.7 Å². The van der Waals surface area contributed by atoms with E-state index in [2.05, 4.69) is 4.18 Å². The van der Waals surface area contributed by atoms with Gasteiger partial charge in [0.2, 0.25) is 20.8 Å². The van der Waals surface area contributed by atoms with Crippen molar-refractivity contribution in [3.63, 3.8) is 0 Å². The predicted molar refractivity (Wildman–Crippen MR) is 111 cm³/mol. The molecule has 2 fully saturated rings. The molecule has 0 aromatic rings. The number of carbonyl (C=O) groups is 1. The van der Waals surface area contributed by atoms with Crippen LogP contribution in [0.3, 0.4) is 0 Å². The van der Waals surface area contributed by atoms with Gasteiger partial charge in [0.1, 0.15) is 12.7 Å². The van der Waals surface area contributed by atoms with Gasteiger partial charge < -0.3 is 18.9 Å². The summed E-state index contributed by atoms with van der Waals surface area (Å²) >= 11 is 0.